The second-order valence-corrected chi connectivity index (χ2v) is 9.89. The van der Waals surface area contributed by atoms with Gasteiger partial charge in [-0.15, -0.1) is 0 Å². The van der Waals surface area contributed by atoms with Crippen LogP contribution >= 0.6 is 0 Å². The molecule has 0 spiro atoms. The molecule has 3 aliphatic rings. The van der Waals surface area contributed by atoms with Crippen LogP contribution in [0.4, 0.5) is 23.9 Å². The van der Waals surface area contributed by atoms with Crippen molar-refractivity contribution < 1.29 is 22.8 Å². The smallest absolute Gasteiger partial charge is 0.337 e. The van der Waals surface area contributed by atoms with E-state index in [1.807, 2.05) is 4.90 Å². The number of carbonyl (C=O) groups excluding carboxylic acids is 2. The Kier molecular flexibility index (Phi) is 7.38. The summed E-state index contributed by atoms with van der Waals surface area (Å²) in [4.78, 5) is 37.6. The van der Waals surface area contributed by atoms with Gasteiger partial charge in [-0.1, -0.05) is 25.7 Å². The second-order valence-electron chi connectivity index (χ2n) is 9.89. The lowest BCUT2D eigenvalue weighted by Crippen LogP contribution is -2.52. The first-order valence-corrected chi connectivity index (χ1v) is 12.7. The number of rotatable bonds is 6. The molecule has 0 N–H and O–H groups in total. The zero-order valence-corrected chi connectivity index (χ0v) is 20.5. The Morgan fingerprint density at radius 2 is 1.68 bits per heavy atom. The van der Waals surface area contributed by atoms with Crippen molar-refractivity contribution in [1.82, 2.24) is 19.9 Å². The minimum absolute atomic E-state index is 0.00948. The summed E-state index contributed by atoms with van der Waals surface area (Å²) >= 11 is 0. The van der Waals surface area contributed by atoms with Crippen molar-refractivity contribution in [3.05, 3.63) is 53.1 Å². The number of hydrazone groups is 1. The van der Waals surface area contributed by atoms with Crippen molar-refractivity contribution in [2.45, 2.75) is 51.0 Å². The predicted octanol–water partition coefficient (Wildman–Crippen LogP) is 4.26. The van der Waals surface area contributed by atoms with Gasteiger partial charge < -0.3 is 9.80 Å². The van der Waals surface area contributed by atoms with Crippen LogP contribution in [0.5, 0.6) is 0 Å². The zero-order chi connectivity index (χ0) is 25.9. The normalized spacial score (nSPS) is 20.2. The van der Waals surface area contributed by atoms with E-state index in [2.05, 4.69) is 15.1 Å². The number of Topliss-reactive ketones (excluding diaryl/α,β-unsaturated/α-hetero) is 1. The highest BCUT2D eigenvalue weighted by Crippen LogP contribution is 2.31. The minimum atomic E-state index is -0.707. The summed E-state index contributed by atoms with van der Waals surface area (Å²) < 4.78 is 41.8. The number of hydrogen-bond acceptors (Lipinski definition) is 6. The molecule has 11 heteroatoms. The van der Waals surface area contributed by atoms with Crippen LogP contribution in [-0.2, 0) is 11.2 Å². The van der Waals surface area contributed by atoms with Crippen LogP contribution in [0.25, 0.3) is 0 Å². The summed E-state index contributed by atoms with van der Waals surface area (Å²) in [7, 11) is 0. The molecule has 37 heavy (non-hydrogen) atoms. The molecule has 0 radical (unpaired) electrons. The number of nitrogens with zero attached hydrogens (tertiary/aromatic N) is 6. The summed E-state index contributed by atoms with van der Waals surface area (Å²) in [5, 5.41) is 5.41. The summed E-state index contributed by atoms with van der Waals surface area (Å²) in [5.74, 6) is -1.30. The summed E-state index contributed by atoms with van der Waals surface area (Å²) in [6.45, 7) is 1.49. The lowest BCUT2D eigenvalue weighted by molar-refractivity contribution is -0.119. The van der Waals surface area contributed by atoms with Gasteiger partial charge >= 0.3 is 6.03 Å². The number of halogens is 3. The zero-order valence-electron chi connectivity index (χ0n) is 20.5. The molecule has 5 rings (SSSR count). The molecule has 8 nitrogen and oxygen atoms in total. The van der Waals surface area contributed by atoms with E-state index in [4.69, 9.17) is 0 Å². The maximum Gasteiger partial charge on any atom is 0.341 e. The van der Waals surface area contributed by atoms with Crippen LogP contribution < -0.4 is 4.90 Å². The van der Waals surface area contributed by atoms with Gasteiger partial charge in [0.05, 0.1) is 24.4 Å². The molecule has 2 aromatic rings. The maximum absolute atomic E-state index is 14.4. The van der Waals surface area contributed by atoms with E-state index in [9.17, 15) is 22.8 Å². The first-order chi connectivity index (χ1) is 17.9. The highest BCUT2D eigenvalue weighted by molar-refractivity contribution is 5.81. The van der Waals surface area contributed by atoms with Gasteiger partial charge in [0.25, 0.3) is 0 Å². The molecule has 1 aromatic carbocycles. The molecule has 1 aliphatic carbocycles. The molecule has 0 bridgehead atoms. The molecule has 3 heterocycles. The quantitative estimate of drug-likeness (QED) is 0.576. The number of anilines is 1. The van der Waals surface area contributed by atoms with E-state index < -0.39 is 23.5 Å². The first-order valence-electron chi connectivity index (χ1n) is 12.7. The van der Waals surface area contributed by atoms with Gasteiger partial charge in [-0.2, -0.15) is 5.10 Å². The van der Waals surface area contributed by atoms with E-state index in [1.54, 1.807) is 11.1 Å². The molecular formula is C26H29F3N6O2. The van der Waals surface area contributed by atoms with Gasteiger partial charge in [-0.05, 0) is 23.6 Å². The van der Waals surface area contributed by atoms with Crippen molar-refractivity contribution in [3.8, 4) is 0 Å². The Labute approximate surface area is 213 Å². The van der Waals surface area contributed by atoms with Crippen molar-refractivity contribution in [2.75, 3.05) is 31.1 Å². The van der Waals surface area contributed by atoms with E-state index in [1.165, 1.54) is 17.1 Å². The van der Waals surface area contributed by atoms with E-state index >= 15 is 0 Å². The predicted molar refractivity (Wildman–Crippen MR) is 131 cm³/mol. The minimum Gasteiger partial charge on any atom is -0.337 e. The fourth-order valence-corrected chi connectivity index (χ4v) is 5.35. The van der Waals surface area contributed by atoms with Gasteiger partial charge in [-0.3, -0.25) is 4.79 Å². The number of hydrogen-bond donors (Lipinski definition) is 0. The van der Waals surface area contributed by atoms with Crippen molar-refractivity contribution in [3.63, 3.8) is 0 Å². The lowest BCUT2D eigenvalue weighted by atomic mass is 9.99. The molecule has 196 valence electrons. The second kappa shape index (κ2) is 10.9. The number of urea groups is 1. The fraction of sp³-hybridized carbons (Fsp3) is 0.500. The third-order valence-corrected chi connectivity index (χ3v) is 7.29. The van der Waals surface area contributed by atoms with E-state index in [0.29, 0.717) is 56.5 Å². The Balaban J connectivity index is 1.20. The average Bonchev–Trinajstić information content (AvgIpc) is 3.57. The number of piperazine rings is 1. The summed E-state index contributed by atoms with van der Waals surface area (Å²) in [6.07, 6.45) is 7.82. The largest absolute Gasteiger partial charge is 0.341 e. The SMILES string of the molecule is O=C(Cc1nc(N2CCN(C(=O)N3N=CC[C@H]3c3cc(F)cc(F)c3)CC2)ncc1F)CC1CCCC1. The van der Waals surface area contributed by atoms with Crippen molar-refractivity contribution in [2.24, 2.45) is 11.0 Å². The van der Waals surface area contributed by atoms with Crippen LogP contribution in [0.1, 0.15) is 55.8 Å². The molecule has 0 unspecified atom stereocenters. The van der Waals surface area contributed by atoms with Gasteiger partial charge in [0.15, 0.2) is 5.82 Å². The molecule has 1 aromatic heterocycles. The average molecular weight is 515 g/mol. The topological polar surface area (TPSA) is 82.0 Å². The number of aromatic nitrogens is 2. The highest BCUT2D eigenvalue weighted by Gasteiger charge is 2.34. The lowest BCUT2D eigenvalue weighted by Gasteiger charge is -2.37. The summed E-state index contributed by atoms with van der Waals surface area (Å²) in [5.41, 5.74) is 0.444. The van der Waals surface area contributed by atoms with Crippen molar-refractivity contribution in [1.29, 1.82) is 0 Å². The van der Waals surface area contributed by atoms with Crippen LogP contribution in [-0.4, -0.2) is 64.1 Å². The van der Waals surface area contributed by atoms with Crippen LogP contribution in [0, 0.1) is 23.4 Å². The van der Waals surface area contributed by atoms with Gasteiger partial charge in [0.1, 0.15) is 17.4 Å². The number of amides is 2. The van der Waals surface area contributed by atoms with Crippen LogP contribution in [0.2, 0.25) is 0 Å². The Morgan fingerprint density at radius 3 is 2.38 bits per heavy atom. The highest BCUT2D eigenvalue weighted by atomic mass is 19.1. The summed E-state index contributed by atoms with van der Waals surface area (Å²) in [6, 6.07) is 2.27. The van der Waals surface area contributed by atoms with Gasteiger partial charge in [0, 0.05) is 51.3 Å². The van der Waals surface area contributed by atoms with E-state index in [-0.39, 0.29) is 23.9 Å². The third-order valence-electron chi connectivity index (χ3n) is 7.29. The molecule has 2 amide bonds. The van der Waals surface area contributed by atoms with Gasteiger partial charge in [-0.25, -0.2) is 32.9 Å². The maximum atomic E-state index is 14.4. The van der Waals surface area contributed by atoms with Crippen LogP contribution in [0.3, 0.4) is 0 Å². The fourth-order valence-electron chi connectivity index (χ4n) is 5.35. The third kappa shape index (κ3) is 5.75. The number of ketones is 1. The Morgan fingerprint density at radius 1 is 0.973 bits per heavy atom. The molecule has 2 fully saturated rings. The van der Waals surface area contributed by atoms with E-state index in [0.717, 1.165) is 37.9 Å². The molecule has 1 saturated carbocycles. The first kappa shape index (κ1) is 25.2. The number of carbonyl (C=O) groups is 2. The standard InChI is InChI=1S/C26H29F3N6O2/c27-19-12-18(13-20(28)14-19)24-5-6-31-35(24)26(37)34-9-7-33(8-10-34)25-30-16-22(29)23(32-25)15-21(36)11-17-3-1-2-4-17/h6,12-14,16-17,24H,1-5,7-11,15H2/t24-/m0/s1. The number of benzene rings is 1. The molecule has 1 saturated heterocycles. The Bertz CT molecular complexity index is 1170. The van der Waals surface area contributed by atoms with Crippen molar-refractivity contribution >= 4 is 24.0 Å². The monoisotopic (exact) mass is 514 g/mol. The molecule has 2 aliphatic heterocycles. The van der Waals surface area contributed by atoms with Crippen LogP contribution in [0.15, 0.2) is 29.5 Å². The molecular weight excluding hydrogens is 485 g/mol. The van der Waals surface area contributed by atoms with Gasteiger partial charge in [0.2, 0.25) is 5.95 Å². The Hall–Kier alpha value is -3.50. The molecule has 1 atom stereocenters.